The van der Waals surface area contributed by atoms with Crippen LogP contribution in [0.15, 0.2) is 36.0 Å². The molecule has 7 nitrogen and oxygen atoms in total. The van der Waals surface area contributed by atoms with E-state index in [1.54, 1.807) is 17.5 Å². The minimum Gasteiger partial charge on any atom is -0.390 e. The van der Waals surface area contributed by atoms with Crippen molar-refractivity contribution in [1.82, 2.24) is 15.3 Å². The number of carbonyl (C=O) groups excluding carboxylic acids is 1. The molecule has 162 valence electrons. The van der Waals surface area contributed by atoms with Gasteiger partial charge in [-0.05, 0) is 64.2 Å². The van der Waals surface area contributed by atoms with Gasteiger partial charge in [0, 0.05) is 29.5 Å². The van der Waals surface area contributed by atoms with Gasteiger partial charge in [-0.2, -0.15) is 0 Å². The van der Waals surface area contributed by atoms with Crippen LogP contribution in [0.3, 0.4) is 0 Å². The molecule has 8 heteroatoms. The number of hydrogen-bond acceptors (Lipinski definition) is 7. The smallest absolute Gasteiger partial charge is 0.255 e. The van der Waals surface area contributed by atoms with Crippen molar-refractivity contribution in [3.05, 3.63) is 41.5 Å². The number of pyridine rings is 1. The van der Waals surface area contributed by atoms with Gasteiger partial charge < -0.3 is 21.1 Å². The topological polar surface area (TPSA) is 99.2 Å². The van der Waals surface area contributed by atoms with Crippen LogP contribution in [0.1, 0.15) is 56.3 Å². The van der Waals surface area contributed by atoms with Gasteiger partial charge in [-0.1, -0.05) is 0 Å². The Kier molecular flexibility index (Phi) is 4.86. The molecule has 0 saturated heterocycles. The zero-order chi connectivity index (χ0) is 21.6. The van der Waals surface area contributed by atoms with E-state index < -0.39 is 5.60 Å². The highest BCUT2D eigenvalue weighted by Gasteiger charge is 2.54. The van der Waals surface area contributed by atoms with Gasteiger partial charge in [-0.25, -0.2) is 9.97 Å². The summed E-state index contributed by atoms with van der Waals surface area (Å²) in [5.41, 5.74) is 4.11. The summed E-state index contributed by atoms with van der Waals surface area (Å²) in [7, 11) is 0. The van der Waals surface area contributed by atoms with E-state index in [2.05, 4.69) is 25.9 Å². The van der Waals surface area contributed by atoms with Gasteiger partial charge in [0.25, 0.3) is 5.91 Å². The highest BCUT2D eigenvalue weighted by molar-refractivity contribution is 7.16. The largest absolute Gasteiger partial charge is 0.390 e. The van der Waals surface area contributed by atoms with Crippen LogP contribution < -0.4 is 16.0 Å². The van der Waals surface area contributed by atoms with E-state index in [0.29, 0.717) is 17.8 Å². The highest BCUT2D eigenvalue weighted by atomic mass is 32.1. The van der Waals surface area contributed by atoms with Crippen LogP contribution in [0.4, 0.5) is 17.2 Å². The van der Waals surface area contributed by atoms with Crippen molar-refractivity contribution in [1.29, 1.82) is 0 Å². The molecule has 2 aliphatic rings. The number of carbonyl (C=O) groups is 1. The number of aromatic nitrogens is 2. The molecule has 4 N–H and O–H groups in total. The molecule has 2 saturated carbocycles. The van der Waals surface area contributed by atoms with E-state index in [1.807, 2.05) is 43.6 Å². The first-order valence-electron chi connectivity index (χ1n) is 10.7. The second-order valence-electron chi connectivity index (χ2n) is 9.21. The average molecular weight is 438 g/mol. The summed E-state index contributed by atoms with van der Waals surface area (Å²) in [6, 6.07) is 8.04. The van der Waals surface area contributed by atoms with E-state index in [4.69, 9.17) is 0 Å². The van der Waals surface area contributed by atoms with Crippen molar-refractivity contribution >= 4 is 44.7 Å². The molecular weight excluding hydrogens is 410 g/mol. The van der Waals surface area contributed by atoms with Crippen LogP contribution in [0.2, 0.25) is 0 Å². The van der Waals surface area contributed by atoms with E-state index in [1.165, 1.54) is 0 Å². The minimum absolute atomic E-state index is 0.139. The molecule has 31 heavy (non-hydrogen) atoms. The standard InChI is InChI=1S/C23H27N5O2S/c1-14(2)26-18-10-20(27-15-3-4-17-19(9-15)31-13-25-17)24-11-16(18)21(29)28-22-5-7-23(30,12-22)8-6-22/h3-4,9-11,13-14,30H,5-8,12H2,1-2H3,(H,28,29)(H2,24,26,27). The number of nitrogens with one attached hydrogen (secondary N) is 3. The van der Waals surface area contributed by atoms with Crippen molar-refractivity contribution in [2.75, 3.05) is 10.6 Å². The van der Waals surface area contributed by atoms with Crippen molar-refractivity contribution in [2.45, 2.75) is 63.1 Å². The molecule has 2 aliphatic carbocycles. The van der Waals surface area contributed by atoms with Gasteiger partial charge in [0.2, 0.25) is 0 Å². The van der Waals surface area contributed by atoms with Gasteiger partial charge in [-0.3, -0.25) is 4.79 Å². The van der Waals surface area contributed by atoms with Crippen LogP contribution in [-0.4, -0.2) is 38.2 Å². The summed E-state index contributed by atoms with van der Waals surface area (Å²) in [5, 5.41) is 20.4. The molecular formula is C23H27N5O2S. The molecule has 0 spiro atoms. The number of fused-ring (bicyclic) bond motifs is 3. The van der Waals surface area contributed by atoms with Crippen molar-refractivity contribution in [3.63, 3.8) is 0 Å². The SMILES string of the molecule is CC(C)Nc1cc(Nc2ccc3ncsc3c2)ncc1C(=O)NC12CCC(O)(CC1)C2. The summed E-state index contributed by atoms with van der Waals surface area (Å²) >= 11 is 1.60. The van der Waals surface area contributed by atoms with Crippen LogP contribution in [0.5, 0.6) is 0 Å². The lowest BCUT2D eigenvalue weighted by Gasteiger charge is -2.28. The quantitative estimate of drug-likeness (QED) is 0.455. The lowest BCUT2D eigenvalue weighted by Crippen LogP contribution is -2.45. The fraction of sp³-hybridized carbons (Fsp3) is 0.435. The molecule has 2 aromatic heterocycles. The maximum Gasteiger partial charge on any atom is 0.255 e. The zero-order valence-electron chi connectivity index (χ0n) is 17.7. The Balaban J connectivity index is 1.39. The third-order valence-electron chi connectivity index (χ3n) is 6.38. The molecule has 0 atom stereocenters. The first-order valence-corrected chi connectivity index (χ1v) is 11.6. The lowest BCUT2D eigenvalue weighted by atomic mass is 9.92. The number of aliphatic hydroxyl groups is 1. The number of rotatable bonds is 6. The Morgan fingerprint density at radius 2 is 1.97 bits per heavy atom. The van der Waals surface area contributed by atoms with Gasteiger partial charge >= 0.3 is 0 Å². The van der Waals surface area contributed by atoms with E-state index in [9.17, 15) is 9.90 Å². The maximum absolute atomic E-state index is 13.2. The summed E-state index contributed by atoms with van der Waals surface area (Å²) in [4.78, 5) is 22.0. The minimum atomic E-state index is -0.600. The Morgan fingerprint density at radius 3 is 2.68 bits per heavy atom. The van der Waals surface area contributed by atoms with Gasteiger partial charge in [-0.15, -0.1) is 11.3 Å². The van der Waals surface area contributed by atoms with Gasteiger partial charge in [0.05, 0.1) is 32.6 Å². The maximum atomic E-state index is 13.2. The third kappa shape index (κ3) is 3.97. The monoisotopic (exact) mass is 437 g/mol. The first-order chi connectivity index (χ1) is 14.8. The Morgan fingerprint density at radius 1 is 1.16 bits per heavy atom. The highest BCUT2D eigenvalue weighted by Crippen LogP contribution is 2.50. The third-order valence-corrected chi connectivity index (χ3v) is 7.17. The molecule has 5 rings (SSSR count). The zero-order valence-corrected chi connectivity index (χ0v) is 18.6. The molecule has 1 aromatic carbocycles. The van der Waals surface area contributed by atoms with Crippen LogP contribution in [0, 0.1) is 0 Å². The molecule has 1 amide bonds. The predicted octanol–water partition coefficient (Wildman–Crippen LogP) is 4.43. The van der Waals surface area contributed by atoms with E-state index in [0.717, 1.165) is 47.3 Å². The van der Waals surface area contributed by atoms with Gasteiger partial charge in [0.15, 0.2) is 0 Å². The van der Waals surface area contributed by atoms with E-state index in [-0.39, 0.29) is 17.5 Å². The van der Waals surface area contributed by atoms with Crippen molar-refractivity contribution < 1.29 is 9.90 Å². The fourth-order valence-corrected chi connectivity index (χ4v) is 5.59. The molecule has 0 unspecified atom stereocenters. The first kappa shape index (κ1) is 20.2. The average Bonchev–Trinajstić information content (AvgIpc) is 3.39. The number of nitrogens with zero attached hydrogens (tertiary/aromatic N) is 2. The van der Waals surface area contributed by atoms with Crippen molar-refractivity contribution in [3.8, 4) is 0 Å². The molecule has 2 heterocycles. The normalized spacial score (nSPS) is 24.6. The molecule has 3 aromatic rings. The molecule has 0 aliphatic heterocycles. The molecule has 0 radical (unpaired) electrons. The number of amides is 1. The van der Waals surface area contributed by atoms with Crippen LogP contribution >= 0.6 is 11.3 Å². The number of thiazole rings is 1. The summed E-state index contributed by atoms with van der Waals surface area (Å²) < 4.78 is 1.11. The molecule has 2 fully saturated rings. The second-order valence-corrected chi connectivity index (χ2v) is 10.1. The van der Waals surface area contributed by atoms with Crippen molar-refractivity contribution in [2.24, 2.45) is 0 Å². The Bertz CT molecular complexity index is 1130. The van der Waals surface area contributed by atoms with Crippen LogP contribution in [0.25, 0.3) is 10.2 Å². The van der Waals surface area contributed by atoms with Gasteiger partial charge in [0.1, 0.15) is 5.82 Å². The summed E-state index contributed by atoms with van der Waals surface area (Å²) in [5.74, 6) is 0.525. The Hall–Kier alpha value is -2.71. The second kappa shape index (κ2) is 7.46. The lowest BCUT2D eigenvalue weighted by molar-refractivity contribution is 0.0521. The summed E-state index contributed by atoms with van der Waals surface area (Å²) in [6.07, 6.45) is 5.45. The van der Waals surface area contributed by atoms with Crippen LogP contribution in [-0.2, 0) is 0 Å². The molecule has 2 bridgehead atoms. The Labute approximate surface area is 185 Å². The van der Waals surface area contributed by atoms with E-state index >= 15 is 0 Å². The predicted molar refractivity (Wildman–Crippen MR) is 124 cm³/mol. The number of anilines is 3. The fourth-order valence-electron chi connectivity index (χ4n) is 4.87. The number of hydrogen-bond donors (Lipinski definition) is 4. The number of benzene rings is 1. The summed E-state index contributed by atoms with van der Waals surface area (Å²) in [6.45, 7) is 4.08.